The Bertz CT molecular complexity index is 992. The molecule has 0 amide bonds. The van der Waals surface area contributed by atoms with Crippen LogP contribution in [0.3, 0.4) is 0 Å². The minimum absolute atomic E-state index is 0.00132. The highest BCUT2D eigenvalue weighted by atomic mass is 32.2. The summed E-state index contributed by atoms with van der Waals surface area (Å²) in [6.07, 6.45) is -3.65. The molecule has 1 heterocycles. The highest BCUT2D eigenvalue weighted by Gasteiger charge is 2.41. The Hall–Kier alpha value is -2.61. The van der Waals surface area contributed by atoms with Crippen LogP contribution in [0.25, 0.3) is 22.4 Å². The number of alkyl halides is 3. The molecule has 130 valence electrons. The number of sulfone groups is 1. The van der Waals surface area contributed by atoms with Crippen molar-refractivity contribution in [1.82, 2.24) is 5.16 Å². The highest BCUT2D eigenvalue weighted by molar-refractivity contribution is 7.90. The van der Waals surface area contributed by atoms with Crippen molar-refractivity contribution in [2.24, 2.45) is 0 Å². The number of hydrogen-bond acceptors (Lipinski definition) is 4. The van der Waals surface area contributed by atoms with Crippen molar-refractivity contribution in [3.05, 3.63) is 60.4 Å². The summed E-state index contributed by atoms with van der Waals surface area (Å²) in [6, 6.07) is 13.4. The zero-order valence-corrected chi connectivity index (χ0v) is 13.7. The van der Waals surface area contributed by atoms with Gasteiger partial charge in [0, 0.05) is 11.8 Å². The molecule has 0 saturated carbocycles. The van der Waals surface area contributed by atoms with Crippen molar-refractivity contribution in [3.63, 3.8) is 0 Å². The number of nitrogens with zero attached hydrogens (tertiary/aromatic N) is 1. The fourth-order valence-electron chi connectivity index (χ4n) is 2.41. The molecule has 0 unspecified atom stereocenters. The van der Waals surface area contributed by atoms with Gasteiger partial charge >= 0.3 is 6.18 Å². The molecule has 0 bridgehead atoms. The van der Waals surface area contributed by atoms with E-state index >= 15 is 0 Å². The average molecular weight is 367 g/mol. The zero-order chi connectivity index (χ0) is 18.2. The van der Waals surface area contributed by atoms with Crippen molar-refractivity contribution < 1.29 is 26.1 Å². The molecular formula is C17H12F3NO3S. The van der Waals surface area contributed by atoms with Gasteiger partial charge in [-0.05, 0) is 17.7 Å². The predicted molar refractivity (Wildman–Crippen MR) is 85.5 cm³/mol. The van der Waals surface area contributed by atoms with Gasteiger partial charge in [-0.15, -0.1) is 0 Å². The lowest BCUT2D eigenvalue weighted by Crippen LogP contribution is -2.05. The van der Waals surface area contributed by atoms with E-state index in [1.54, 1.807) is 18.2 Å². The van der Waals surface area contributed by atoms with Crippen LogP contribution in [-0.2, 0) is 16.0 Å². The molecule has 25 heavy (non-hydrogen) atoms. The molecular weight excluding hydrogens is 355 g/mol. The third-order valence-corrected chi connectivity index (χ3v) is 4.70. The molecule has 0 radical (unpaired) electrons. The quantitative estimate of drug-likeness (QED) is 0.687. The van der Waals surface area contributed by atoms with E-state index in [1.807, 2.05) is 0 Å². The van der Waals surface area contributed by atoms with Crippen LogP contribution in [0.1, 0.15) is 5.76 Å². The second-order valence-electron chi connectivity index (χ2n) is 5.40. The summed E-state index contributed by atoms with van der Waals surface area (Å²) in [5.74, 6) is -1.19. The lowest BCUT2D eigenvalue weighted by Gasteiger charge is -2.07. The number of rotatable bonds is 3. The first-order chi connectivity index (χ1) is 11.7. The second kappa shape index (κ2) is 6.03. The van der Waals surface area contributed by atoms with Crippen LogP contribution in [-0.4, -0.2) is 19.8 Å². The van der Waals surface area contributed by atoms with Crippen LogP contribution in [0.15, 0.2) is 64.0 Å². The van der Waals surface area contributed by atoms with Crippen molar-refractivity contribution in [3.8, 4) is 22.4 Å². The molecule has 8 heteroatoms. The van der Waals surface area contributed by atoms with E-state index in [4.69, 9.17) is 0 Å². The van der Waals surface area contributed by atoms with Crippen LogP contribution in [0, 0.1) is 0 Å². The van der Waals surface area contributed by atoms with Gasteiger partial charge in [-0.25, -0.2) is 8.42 Å². The highest BCUT2D eigenvalue weighted by Crippen LogP contribution is 2.42. The minimum atomic E-state index is -4.71. The summed E-state index contributed by atoms with van der Waals surface area (Å²) in [5.41, 5.74) is 0.447. The van der Waals surface area contributed by atoms with Gasteiger partial charge in [0.1, 0.15) is 5.69 Å². The summed E-state index contributed by atoms with van der Waals surface area (Å²) in [6.45, 7) is 0. The van der Waals surface area contributed by atoms with Crippen LogP contribution < -0.4 is 0 Å². The monoisotopic (exact) mass is 367 g/mol. The first-order valence-corrected chi connectivity index (χ1v) is 9.00. The smallest absolute Gasteiger partial charge is 0.350 e. The van der Waals surface area contributed by atoms with Gasteiger partial charge in [0.25, 0.3) is 0 Å². The molecule has 0 atom stereocenters. The molecule has 2 aromatic carbocycles. The molecule has 3 aromatic rings. The first-order valence-electron chi connectivity index (χ1n) is 7.11. The van der Waals surface area contributed by atoms with Gasteiger partial charge in [-0.2, -0.15) is 13.2 Å². The predicted octanol–water partition coefficient (Wildman–Crippen LogP) is 4.43. The van der Waals surface area contributed by atoms with Gasteiger partial charge in [0.05, 0.1) is 10.5 Å². The molecule has 0 N–H and O–H groups in total. The van der Waals surface area contributed by atoms with Crippen molar-refractivity contribution >= 4 is 9.84 Å². The Morgan fingerprint density at radius 1 is 0.920 bits per heavy atom. The second-order valence-corrected chi connectivity index (χ2v) is 7.41. The fraction of sp³-hybridized carbons (Fsp3) is 0.118. The third-order valence-electron chi connectivity index (χ3n) is 3.57. The molecule has 0 aliphatic rings. The van der Waals surface area contributed by atoms with E-state index in [9.17, 15) is 21.6 Å². The molecule has 0 fully saturated rings. The molecule has 0 spiro atoms. The SMILES string of the molecule is CS(=O)(=O)c1ccc(-c2noc(C(F)(F)F)c2-c2ccccc2)cc1. The van der Waals surface area contributed by atoms with E-state index in [2.05, 4.69) is 9.68 Å². The van der Waals surface area contributed by atoms with Crippen LogP contribution in [0.2, 0.25) is 0 Å². The van der Waals surface area contributed by atoms with Crippen LogP contribution in [0.4, 0.5) is 13.2 Å². The fourth-order valence-corrected chi connectivity index (χ4v) is 3.04. The van der Waals surface area contributed by atoms with E-state index in [0.717, 1.165) is 6.26 Å². The van der Waals surface area contributed by atoms with E-state index < -0.39 is 21.8 Å². The largest absolute Gasteiger partial charge is 0.453 e. The van der Waals surface area contributed by atoms with Crippen molar-refractivity contribution in [2.75, 3.05) is 6.26 Å². The lowest BCUT2D eigenvalue weighted by atomic mass is 9.99. The third kappa shape index (κ3) is 3.43. The van der Waals surface area contributed by atoms with E-state index in [1.165, 1.54) is 36.4 Å². The number of halogens is 3. The maximum Gasteiger partial charge on any atom is 0.453 e. The first kappa shape index (κ1) is 17.2. The number of aromatic nitrogens is 1. The topological polar surface area (TPSA) is 60.2 Å². The van der Waals surface area contributed by atoms with Gasteiger partial charge in [-0.3, -0.25) is 0 Å². The van der Waals surface area contributed by atoms with Crippen LogP contribution >= 0.6 is 0 Å². The number of hydrogen-bond donors (Lipinski definition) is 0. The summed E-state index contributed by atoms with van der Waals surface area (Å²) in [7, 11) is -3.41. The van der Waals surface area contributed by atoms with Crippen LogP contribution in [0.5, 0.6) is 0 Å². The zero-order valence-electron chi connectivity index (χ0n) is 12.9. The maximum atomic E-state index is 13.3. The lowest BCUT2D eigenvalue weighted by molar-refractivity contribution is -0.154. The Balaban J connectivity index is 2.19. The Labute approximate surface area is 141 Å². The van der Waals surface area contributed by atoms with Crippen molar-refractivity contribution in [1.29, 1.82) is 0 Å². The van der Waals surface area contributed by atoms with Gasteiger partial charge in [-0.1, -0.05) is 47.6 Å². The minimum Gasteiger partial charge on any atom is -0.350 e. The molecule has 0 aliphatic carbocycles. The Kier molecular flexibility index (Phi) is 4.16. The summed E-state index contributed by atoms with van der Waals surface area (Å²) < 4.78 is 67.4. The van der Waals surface area contributed by atoms with E-state index in [-0.39, 0.29) is 16.2 Å². The van der Waals surface area contributed by atoms with Gasteiger partial charge in [0.15, 0.2) is 9.84 Å². The molecule has 1 aromatic heterocycles. The van der Waals surface area contributed by atoms with Crippen molar-refractivity contribution in [2.45, 2.75) is 11.1 Å². The number of benzene rings is 2. The average Bonchev–Trinajstić information content (AvgIpc) is 3.00. The molecule has 4 nitrogen and oxygen atoms in total. The Morgan fingerprint density at radius 2 is 1.52 bits per heavy atom. The normalized spacial score (nSPS) is 12.3. The van der Waals surface area contributed by atoms with Gasteiger partial charge < -0.3 is 4.52 Å². The summed E-state index contributed by atoms with van der Waals surface area (Å²) in [4.78, 5) is 0.0667. The Morgan fingerprint density at radius 3 is 2.04 bits per heavy atom. The molecule has 0 saturated heterocycles. The van der Waals surface area contributed by atoms with Gasteiger partial charge in [0.2, 0.25) is 5.76 Å². The molecule has 3 rings (SSSR count). The molecule has 0 aliphatic heterocycles. The maximum absolute atomic E-state index is 13.3. The van der Waals surface area contributed by atoms with E-state index in [0.29, 0.717) is 11.1 Å². The standard InChI is InChI=1S/C17H12F3NO3S/c1-25(22,23)13-9-7-12(8-10-13)15-14(11-5-3-2-4-6-11)16(24-21-15)17(18,19)20/h2-10H,1H3. The summed E-state index contributed by atoms with van der Waals surface area (Å²) in [5, 5.41) is 3.58. The summed E-state index contributed by atoms with van der Waals surface area (Å²) >= 11 is 0.